The Hall–Kier alpha value is -2.89. The summed E-state index contributed by atoms with van der Waals surface area (Å²) >= 11 is 0. The molecule has 0 radical (unpaired) electrons. The molecule has 0 aliphatic carbocycles. The summed E-state index contributed by atoms with van der Waals surface area (Å²) in [4.78, 5) is 37.9. The van der Waals surface area contributed by atoms with Crippen LogP contribution in [0, 0.1) is 0 Å². The Labute approximate surface area is 390 Å². The molecule has 6 heteroatoms. The van der Waals surface area contributed by atoms with E-state index in [0.29, 0.717) is 19.3 Å². The lowest BCUT2D eigenvalue weighted by molar-refractivity contribution is -0.167. The van der Waals surface area contributed by atoms with E-state index >= 15 is 0 Å². The number of carbonyl (C=O) groups excluding carboxylic acids is 3. The molecule has 6 nitrogen and oxygen atoms in total. The van der Waals surface area contributed by atoms with E-state index in [9.17, 15) is 14.4 Å². The third-order valence-electron chi connectivity index (χ3n) is 11.5. The molecule has 0 aromatic heterocycles. The molecule has 0 bridgehead atoms. The Morgan fingerprint density at radius 3 is 0.984 bits per heavy atom. The molecule has 0 aliphatic heterocycles. The monoisotopic (exact) mass is 881 g/mol. The molecule has 0 rings (SSSR count). The summed E-state index contributed by atoms with van der Waals surface area (Å²) in [6, 6.07) is 0. The van der Waals surface area contributed by atoms with Crippen molar-refractivity contribution in [1.29, 1.82) is 0 Å². The molecule has 0 amide bonds. The highest BCUT2D eigenvalue weighted by Gasteiger charge is 2.19. The summed E-state index contributed by atoms with van der Waals surface area (Å²) in [6.45, 7) is 6.48. The number of esters is 3. The van der Waals surface area contributed by atoms with E-state index in [2.05, 4.69) is 81.5 Å². The van der Waals surface area contributed by atoms with E-state index in [1.165, 1.54) is 135 Å². The Morgan fingerprint density at radius 2 is 0.619 bits per heavy atom. The van der Waals surface area contributed by atoms with E-state index in [1.807, 2.05) is 0 Å². The summed E-state index contributed by atoms with van der Waals surface area (Å²) in [5, 5.41) is 0. The van der Waals surface area contributed by atoms with Crippen LogP contribution in [0.15, 0.2) is 60.8 Å². The largest absolute Gasteiger partial charge is 0.462 e. The van der Waals surface area contributed by atoms with Gasteiger partial charge >= 0.3 is 17.9 Å². The SMILES string of the molecule is CC/C=C\C/C=C\C/C=C\C/C=C\CCCCCCCCC(=O)OCC(COC(=O)CCCCCCCCC)OC(=O)CCCCCCCCCCC/C=C\CCCCCCCC. The zero-order valence-corrected chi connectivity index (χ0v) is 41.6. The predicted molar refractivity (Wildman–Crippen MR) is 270 cm³/mol. The Bertz CT molecular complexity index is 1150. The van der Waals surface area contributed by atoms with Crippen molar-refractivity contribution in [2.45, 2.75) is 271 Å². The Morgan fingerprint density at radius 1 is 0.333 bits per heavy atom. The average molecular weight is 881 g/mol. The highest BCUT2D eigenvalue weighted by Crippen LogP contribution is 2.15. The first kappa shape index (κ1) is 60.1. The van der Waals surface area contributed by atoms with E-state index in [4.69, 9.17) is 14.2 Å². The first-order valence-electron chi connectivity index (χ1n) is 26.8. The van der Waals surface area contributed by atoms with Gasteiger partial charge in [0.1, 0.15) is 13.2 Å². The maximum atomic E-state index is 12.8. The second-order valence-electron chi connectivity index (χ2n) is 17.8. The van der Waals surface area contributed by atoms with Gasteiger partial charge in [-0.2, -0.15) is 0 Å². The van der Waals surface area contributed by atoms with Gasteiger partial charge in [-0.25, -0.2) is 0 Å². The summed E-state index contributed by atoms with van der Waals surface area (Å²) < 4.78 is 16.7. The highest BCUT2D eigenvalue weighted by atomic mass is 16.6. The molecule has 0 aromatic rings. The van der Waals surface area contributed by atoms with Gasteiger partial charge in [0.2, 0.25) is 0 Å². The molecular formula is C57H100O6. The van der Waals surface area contributed by atoms with Crippen molar-refractivity contribution in [1.82, 2.24) is 0 Å². The van der Waals surface area contributed by atoms with E-state index in [1.54, 1.807) is 0 Å². The zero-order chi connectivity index (χ0) is 45.8. The number of hydrogen-bond acceptors (Lipinski definition) is 6. The number of ether oxygens (including phenoxy) is 3. The normalized spacial score (nSPS) is 12.5. The van der Waals surface area contributed by atoms with Crippen LogP contribution in [0.4, 0.5) is 0 Å². The quantitative estimate of drug-likeness (QED) is 0.0262. The number of allylic oxidation sites excluding steroid dienone is 10. The van der Waals surface area contributed by atoms with Crippen LogP contribution in [0.2, 0.25) is 0 Å². The van der Waals surface area contributed by atoms with Crippen LogP contribution in [-0.2, 0) is 28.6 Å². The minimum Gasteiger partial charge on any atom is -0.462 e. The maximum Gasteiger partial charge on any atom is 0.306 e. The van der Waals surface area contributed by atoms with E-state index in [-0.39, 0.29) is 31.1 Å². The highest BCUT2D eigenvalue weighted by molar-refractivity contribution is 5.71. The fourth-order valence-electron chi connectivity index (χ4n) is 7.49. The van der Waals surface area contributed by atoms with Crippen molar-refractivity contribution in [2.75, 3.05) is 13.2 Å². The van der Waals surface area contributed by atoms with E-state index in [0.717, 1.165) is 89.9 Å². The van der Waals surface area contributed by atoms with Crippen LogP contribution in [0.1, 0.15) is 265 Å². The second-order valence-corrected chi connectivity index (χ2v) is 17.8. The first-order valence-corrected chi connectivity index (χ1v) is 26.8. The van der Waals surface area contributed by atoms with Gasteiger partial charge in [0.25, 0.3) is 0 Å². The summed E-state index contributed by atoms with van der Waals surface area (Å²) in [6.07, 6.45) is 63.6. The molecule has 0 fully saturated rings. The van der Waals surface area contributed by atoms with Gasteiger partial charge in [0.05, 0.1) is 0 Å². The molecular weight excluding hydrogens is 781 g/mol. The van der Waals surface area contributed by atoms with E-state index < -0.39 is 6.10 Å². The lowest BCUT2D eigenvalue weighted by atomic mass is 10.1. The lowest BCUT2D eigenvalue weighted by Crippen LogP contribution is -2.30. The molecule has 63 heavy (non-hydrogen) atoms. The summed E-state index contributed by atoms with van der Waals surface area (Å²) in [7, 11) is 0. The lowest BCUT2D eigenvalue weighted by Gasteiger charge is -2.18. The predicted octanol–water partition coefficient (Wildman–Crippen LogP) is 17.6. The number of carbonyl (C=O) groups is 3. The molecule has 0 N–H and O–H groups in total. The zero-order valence-electron chi connectivity index (χ0n) is 41.6. The number of unbranched alkanes of at least 4 members (excludes halogenated alkanes) is 27. The summed E-state index contributed by atoms with van der Waals surface area (Å²) in [5.41, 5.74) is 0. The van der Waals surface area contributed by atoms with Crippen LogP contribution in [0.3, 0.4) is 0 Å². The molecule has 1 atom stereocenters. The van der Waals surface area contributed by atoms with Gasteiger partial charge in [-0.05, 0) is 83.5 Å². The minimum atomic E-state index is -0.777. The number of hydrogen-bond donors (Lipinski definition) is 0. The van der Waals surface area contributed by atoms with Crippen LogP contribution in [0.5, 0.6) is 0 Å². The minimum absolute atomic E-state index is 0.0786. The average Bonchev–Trinajstić information content (AvgIpc) is 3.28. The fourth-order valence-corrected chi connectivity index (χ4v) is 7.49. The van der Waals surface area contributed by atoms with Crippen LogP contribution in [0.25, 0.3) is 0 Å². The molecule has 0 saturated carbocycles. The van der Waals surface area contributed by atoms with Crippen LogP contribution < -0.4 is 0 Å². The van der Waals surface area contributed by atoms with Crippen molar-refractivity contribution in [3.8, 4) is 0 Å². The van der Waals surface area contributed by atoms with Crippen molar-refractivity contribution < 1.29 is 28.6 Å². The molecule has 364 valence electrons. The van der Waals surface area contributed by atoms with Crippen molar-refractivity contribution in [3.05, 3.63) is 60.8 Å². The van der Waals surface area contributed by atoms with Gasteiger partial charge in [-0.15, -0.1) is 0 Å². The summed E-state index contributed by atoms with van der Waals surface area (Å²) in [5.74, 6) is -0.896. The van der Waals surface area contributed by atoms with Gasteiger partial charge < -0.3 is 14.2 Å². The van der Waals surface area contributed by atoms with Gasteiger partial charge in [0.15, 0.2) is 6.10 Å². The standard InChI is InChI=1S/C57H100O6/c1-4-7-10-13-16-18-20-22-24-26-28-30-32-34-36-38-41-44-47-50-56(59)62-53-54(52-61-55(58)49-46-43-40-15-12-9-6-3)63-57(60)51-48-45-42-39-37-35-33-31-29-27-25-23-21-19-17-14-11-8-5-2/h7,10,16,18,22-25,28,30,54H,4-6,8-9,11-15,17,19-21,26-27,29,31-53H2,1-3H3/b10-7-,18-16-,24-22-,25-23-,30-28-. The molecule has 0 saturated heterocycles. The molecule has 0 heterocycles. The maximum absolute atomic E-state index is 12.8. The molecule has 1 unspecified atom stereocenters. The van der Waals surface area contributed by atoms with Crippen LogP contribution in [-0.4, -0.2) is 37.2 Å². The third-order valence-corrected chi connectivity index (χ3v) is 11.5. The smallest absolute Gasteiger partial charge is 0.306 e. The third kappa shape index (κ3) is 50.0. The molecule has 0 spiro atoms. The second kappa shape index (κ2) is 51.7. The topological polar surface area (TPSA) is 78.9 Å². The van der Waals surface area contributed by atoms with Gasteiger partial charge in [-0.3, -0.25) is 14.4 Å². The molecule has 0 aliphatic rings. The van der Waals surface area contributed by atoms with Gasteiger partial charge in [0, 0.05) is 19.3 Å². The van der Waals surface area contributed by atoms with Crippen molar-refractivity contribution in [3.63, 3.8) is 0 Å². The Kier molecular flexibility index (Phi) is 49.4. The van der Waals surface area contributed by atoms with Gasteiger partial charge in [-0.1, -0.05) is 223 Å². The van der Waals surface area contributed by atoms with Crippen molar-refractivity contribution >= 4 is 17.9 Å². The molecule has 0 aromatic carbocycles. The van der Waals surface area contributed by atoms with Crippen molar-refractivity contribution in [2.24, 2.45) is 0 Å². The first-order chi connectivity index (χ1) is 31.0. The van der Waals surface area contributed by atoms with Crippen LogP contribution >= 0.6 is 0 Å². The fraction of sp³-hybridized carbons (Fsp3) is 0.772. The number of rotatable bonds is 48. The Balaban J connectivity index is 4.25.